The van der Waals surface area contributed by atoms with E-state index >= 15 is 4.39 Å². The van der Waals surface area contributed by atoms with Crippen molar-refractivity contribution in [3.8, 4) is 22.7 Å². The first kappa shape index (κ1) is 24.2. The SMILES string of the molecule is CC(C)(C)c1nc(-c2cccc(NS(=O)(=O)c3c(F)cccc3F)c2F)c(-c2ccnc(N)n2)o1. The number of nitrogens with one attached hydrogen (secondary N) is 1. The summed E-state index contributed by atoms with van der Waals surface area (Å²) >= 11 is 0. The summed E-state index contributed by atoms with van der Waals surface area (Å²) in [7, 11) is -4.80. The molecule has 0 bridgehead atoms. The largest absolute Gasteiger partial charge is 0.438 e. The van der Waals surface area contributed by atoms with E-state index in [1.807, 2.05) is 25.5 Å². The molecule has 2 heterocycles. The monoisotopic (exact) mass is 503 g/mol. The number of benzene rings is 2. The Kier molecular flexibility index (Phi) is 6.01. The third kappa shape index (κ3) is 4.69. The van der Waals surface area contributed by atoms with Crippen LogP contribution in [0.1, 0.15) is 26.7 Å². The highest BCUT2D eigenvalue weighted by atomic mass is 32.2. The van der Waals surface area contributed by atoms with E-state index < -0.39 is 43.5 Å². The van der Waals surface area contributed by atoms with Crippen molar-refractivity contribution in [3.63, 3.8) is 0 Å². The second-order valence-corrected chi connectivity index (χ2v) is 10.2. The maximum absolute atomic E-state index is 15.6. The standard InChI is InChI=1S/C23H20F3N5O3S/c1-23(2,3)21-30-18(19(34-21)16-10-11-28-22(27)29-16)12-6-4-9-15(17(12)26)31-35(32,33)20-13(24)7-5-8-14(20)25/h4-11,31H,1-3H3,(H2,27,28,29). The lowest BCUT2D eigenvalue weighted by Gasteiger charge is -2.12. The minimum Gasteiger partial charge on any atom is -0.438 e. The van der Waals surface area contributed by atoms with E-state index in [1.165, 1.54) is 24.4 Å². The molecule has 4 rings (SSSR count). The van der Waals surface area contributed by atoms with Crippen LogP contribution in [0.4, 0.5) is 24.8 Å². The zero-order chi connectivity index (χ0) is 25.5. The lowest BCUT2D eigenvalue weighted by atomic mass is 9.97. The Morgan fingerprint density at radius 2 is 1.63 bits per heavy atom. The molecule has 2 aromatic heterocycles. The molecular weight excluding hydrogens is 483 g/mol. The van der Waals surface area contributed by atoms with Gasteiger partial charge in [-0.25, -0.2) is 36.5 Å². The lowest BCUT2D eigenvalue weighted by molar-refractivity contribution is 0.398. The van der Waals surface area contributed by atoms with Crippen molar-refractivity contribution in [2.24, 2.45) is 0 Å². The van der Waals surface area contributed by atoms with Gasteiger partial charge < -0.3 is 10.2 Å². The smallest absolute Gasteiger partial charge is 0.267 e. The predicted molar refractivity (Wildman–Crippen MR) is 123 cm³/mol. The number of hydrogen-bond acceptors (Lipinski definition) is 7. The average molecular weight is 504 g/mol. The fourth-order valence-corrected chi connectivity index (χ4v) is 4.42. The number of nitrogens with zero attached hydrogens (tertiary/aromatic N) is 3. The Morgan fingerprint density at radius 3 is 2.26 bits per heavy atom. The van der Waals surface area contributed by atoms with Crippen molar-refractivity contribution in [1.29, 1.82) is 0 Å². The van der Waals surface area contributed by atoms with Crippen LogP contribution in [-0.4, -0.2) is 23.4 Å². The van der Waals surface area contributed by atoms with Gasteiger partial charge in [0.25, 0.3) is 10.0 Å². The Hall–Kier alpha value is -3.93. The van der Waals surface area contributed by atoms with Crippen LogP contribution in [0.2, 0.25) is 0 Å². The molecule has 0 aliphatic rings. The molecule has 0 saturated heterocycles. The molecule has 0 aliphatic heterocycles. The fourth-order valence-electron chi connectivity index (χ4n) is 3.23. The molecular formula is C23H20F3N5O3S. The van der Waals surface area contributed by atoms with Gasteiger partial charge in [0, 0.05) is 17.2 Å². The maximum Gasteiger partial charge on any atom is 0.267 e. The number of hydrogen-bond donors (Lipinski definition) is 2. The van der Waals surface area contributed by atoms with Crippen LogP contribution in [0.15, 0.2) is 58.0 Å². The van der Waals surface area contributed by atoms with E-state index in [4.69, 9.17) is 10.2 Å². The molecule has 0 spiro atoms. The molecule has 4 aromatic rings. The van der Waals surface area contributed by atoms with E-state index in [0.29, 0.717) is 0 Å². The number of anilines is 2. The van der Waals surface area contributed by atoms with Crippen LogP contribution in [0, 0.1) is 17.5 Å². The molecule has 0 aliphatic carbocycles. The first-order valence-corrected chi connectivity index (χ1v) is 11.7. The van der Waals surface area contributed by atoms with Gasteiger partial charge in [-0.2, -0.15) is 0 Å². The Morgan fingerprint density at radius 1 is 0.971 bits per heavy atom. The van der Waals surface area contributed by atoms with Crippen LogP contribution in [0.25, 0.3) is 22.7 Å². The van der Waals surface area contributed by atoms with Gasteiger partial charge in [0.2, 0.25) is 11.8 Å². The topological polar surface area (TPSA) is 124 Å². The molecule has 0 radical (unpaired) electrons. The van der Waals surface area contributed by atoms with Gasteiger partial charge in [0.15, 0.2) is 16.5 Å². The van der Waals surface area contributed by atoms with Gasteiger partial charge >= 0.3 is 0 Å². The van der Waals surface area contributed by atoms with E-state index in [9.17, 15) is 17.2 Å². The second kappa shape index (κ2) is 8.69. The first-order chi connectivity index (χ1) is 16.4. The van der Waals surface area contributed by atoms with E-state index in [-0.39, 0.29) is 34.6 Å². The summed E-state index contributed by atoms with van der Waals surface area (Å²) in [6, 6.07) is 7.91. The zero-order valence-corrected chi connectivity index (χ0v) is 19.6. The van der Waals surface area contributed by atoms with E-state index in [1.54, 1.807) is 0 Å². The molecule has 0 unspecified atom stereocenters. The quantitative estimate of drug-likeness (QED) is 0.397. The van der Waals surface area contributed by atoms with Crippen molar-refractivity contribution in [3.05, 3.63) is 72.0 Å². The Balaban J connectivity index is 1.85. The fraction of sp³-hybridized carbons (Fsp3) is 0.174. The van der Waals surface area contributed by atoms with Crippen molar-refractivity contribution in [2.75, 3.05) is 10.5 Å². The predicted octanol–water partition coefficient (Wildman–Crippen LogP) is 4.90. The normalized spacial score (nSPS) is 12.1. The summed E-state index contributed by atoms with van der Waals surface area (Å²) < 4.78 is 77.0. The Bertz CT molecular complexity index is 1510. The average Bonchev–Trinajstić information content (AvgIpc) is 3.21. The molecule has 0 amide bonds. The summed E-state index contributed by atoms with van der Waals surface area (Å²) in [5.41, 5.74) is 4.70. The number of sulfonamides is 1. The minimum atomic E-state index is -4.80. The molecule has 0 fully saturated rings. The van der Waals surface area contributed by atoms with Crippen LogP contribution in [0.5, 0.6) is 0 Å². The highest BCUT2D eigenvalue weighted by molar-refractivity contribution is 7.92. The number of halogens is 3. The summed E-state index contributed by atoms with van der Waals surface area (Å²) in [6.45, 7) is 5.51. The molecule has 0 atom stereocenters. The minimum absolute atomic E-state index is 0.0312. The van der Waals surface area contributed by atoms with Crippen LogP contribution in [-0.2, 0) is 15.4 Å². The lowest BCUT2D eigenvalue weighted by Crippen LogP contribution is -2.17. The third-order valence-electron chi connectivity index (χ3n) is 4.86. The van der Waals surface area contributed by atoms with E-state index in [0.717, 1.165) is 24.3 Å². The summed E-state index contributed by atoms with van der Waals surface area (Å²) in [6.07, 6.45) is 1.39. The second-order valence-electron chi connectivity index (χ2n) is 8.57. The molecule has 12 heteroatoms. The van der Waals surface area contributed by atoms with Crippen LogP contribution in [0.3, 0.4) is 0 Å². The summed E-state index contributed by atoms with van der Waals surface area (Å²) in [5, 5.41) is 0. The number of oxazole rings is 1. The van der Waals surface area contributed by atoms with Gasteiger partial charge in [-0.3, -0.25) is 4.72 Å². The molecule has 0 saturated carbocycles. The molecule has 3 N–H and O–H groups in total. The highest BCUT2D eigenvalue weighted by Gasteiger charge is 2.29. The number of rotatable bonds is 5. The third-order valence-corrected chi connectivity index (χ3v) is 6.28. The van der Waals surface area contributed by atoms with Crippen molar-refractivity contribution < 1.29 is 26.0 Å². The Labute approximate surface area is 199 Å². The van der Waals surface area contributed by atoms with Gasteiger partial charge in [0.05, 0.1) is 5.69 Å². The summed E-state index contributed by atoms with van der Waals surface area (Å²) in [5.74, 6) is -3.37. The molecule has 35 heavy (non-hydrogen) atoms. The van der Waals surface area contributed by atoms with E-state index in [2.05, 4.69) is 15.0 Å². The van der Waals surface area contributed by atoms with Gasteiger partial charge in [-0.05, 0) is 30.3 Å². The van der Waals surface area contributed by atoms with Crippen molar-refractivity contribution in [1.82, 2.24) is 15.0 Å². The number of aromatic nitrogens is 3. The summed E-state index contributed by atoms with van der Waals surface area (Å²) in [4.78, 5) is 11.2. The number of nitrogen functional groups attached to an aromatic ring is 1. The van der Waals surface area contributed by atoms with Crippen molar-refractivity contribution >= 4 is 21.7 Å². The van der Waals surface area contributed by atoms with Gasteiger partial charge in [-0.15, -0.1) is 0 Å². The molecule has 8 nitrogen and oxygen atoms in total. The maximum atomic E-state index is 15.6. The first-order valence-electron chi connectivity index (χ1n) is 10.2. The van der Waals surface area contributed by atoms with Crippen LogP contribution >= 0.6 is 0 Å². The van der Waals surface area contributed by atoms with Gasteiger partial charge in [0.1, 0.15) is 23.0 Å². The highest BCUT2D eigenvalue weighted by Crippen LogP contribution is 2.38. The van der Waals surface area contributed by atoms with Crippen molar-refractivity contribution in [2.45, 2.75) is 31.1 Å². The number of nitrogens with two attached hydrogens (primary N) is 1. The zero-order valence-electron chi connectivity index (χ0n) is 18.8. The van der Waals surface area contributed by atoms with Crippen LogP contribution < -0.4 is 10.5 Å². The molecule has 182 valence electrons. The van der Waals surface area contributed by atoms with Gasteiger partial charge in [-0.1, -0.05) is 32.9 Å². The molecule has 2 aromatic carbocycles.